The number of amides is 1. The van der Waals surface area contributed by atoms with E-state index in [1.54, 1.807) is 14.1 Å². The minimum atomic E-state index is -0.880. The third kappa shape index (κ3) is 3.87. The number of carbonyl (C=O) groups is 2. The zero-order chi connectivity index (χ0) is 13.7. The Labute approximate surface area is 107 Å². The van der Waals surface area contributed by atoms with E-state index in [0.717, 1.165) is 11.1 Å². The minimum Gasteiger partial charge on any atom is -0.481 e. The van der Waals surface area contributed by atoms with Crippen LogP contribution < -0.4 is 0 Å². The van der Waals surface area contributed by atoms with Crippen molar-refractivity contribution in [1.29, 1.82) is 0 Å². The molecule has 1 atom stereocenters. The number of aryl methyl sites for hydroxylation is 1. The molecule has 1 amide bonds. The average molecular weight is 249 g/mol. The van der Waals surface area contributed by atoms with Gasteiger partial charge in [0.1, 0.15) is 0 Å². The fraction of sp³-hybridized carbons (Fsp3) is 0.429. The Bertz CT molecular complexity index is 440. The third-order valence-electron chi connectivity index (χ3n) is 2.97. The molecule has 0 radical (unpaired) electrons. The molecule has 0 bridgehead atoms. The number of rotatable bonds is 5. The van der Waals surface area contributed by atoms with Crippen molar-refractivity contribution in [3.05, 3.63) is 35.4 Å². The number of aliphatic carboxylic acids is 1. The van der Waals surface area contributed by atoms with Gasteiger partial charge < -0.3 is 10.0 Å². The van der Waals surface area contributed by atoms with Gasteiger partial charge in [-0.15, -0.1) is 0 Å². The Morgan fingerprint density at radius 1 is 1.22 bits per heavy atom. The van der Waals surface area contributed by atoms with Gasteiger partial charge in [0.25, 0.3) is 0 Å². The highest BCUT2D eigenvalue weighted by Gasteiger charge is 2.21. The van der Waals surface area contributed by atoms with Crippen molar-refractivity contribution in [2.45, 2.75) is 25.7 Å². The molecule has 1 unspecified atom stereocenters. The number of carbonyl (C=O) groups excluding carboxylic acids is 1. The van der Waals surface area contributed by atoms with Crippen molar-refractivity contribution in [2.75, 3.05) is 14.1 Å². The number of hydrogen-bond acceptors (Lipinski definition) is 2. The maximum Gasteiger partial charge on any atom is 0.303 e. The Hall–Kier alpha value is -1.84. The molecule has 0 heterocycles. The van der Waals surface area contributed by atoms with E-state index in [2.05, 4.69) is 0 Å². The highest BCUT2D eigenvalue weighted by atomic mass is 16.4. The molecule has 0 aliphatic carbocycles. The predicted octanol–water partition coefficient (Wildman–Crippen LogP) is 2.03. The van der Waals surface area contributed by atoms with Crippen molar-refractivity contribution in [1.82, 2.24) is 4.90 Å². The van der Waals surface area contributed by atoms with Crippen molar-refractivity contribution < 1.29 is 14.7 Å². The maximum atomic E-state index is 11.8. The van der Waals surface area contributed by atoms with Crippen molar-refractivity contribution in [3.8, 4) is 0 Å². The summed E-state index contributed by atoms with van der Waals surface area (Å²) in [6.45, 7) is 1.93. The largest absolute Gasteiger partial charge is 0.481 e. The van der Waals surface area contributed by atoms with Crippen molar-refractivity contribution >= 4 is 11.9 Å². The first-order chi connectivity index (χ1) is 8.41. The second kappa shape index (κ2) is 6.19. The minimum absolute atomic E-state index is 0.0234. The molecule has 0 aliphatic heterocycles. The first-order valence-electron chi connectivity index (χ1n) is 5.89. The van der Waals surface area contributed by atoms with Gasteiger partial charge in [-0.2, -0.15) is 0 Å². The Balaban J connectivity index is 2.95. The van der Waals surface area contributed by atoms with E-state index in [1.807, 2.05) is 31.2 Å². The highest BCUT2D eigenvalue weighted by molar-refractivity contribution is 5.78. The molecule has 98 valence electrons. The van der Waals surface area contributed by atoms with Crippen LogP contribution in [0.4, 0.5) is 0 Å². The van der Waals surface area contributed by atoms with Gasteiger partial charge in [-0.25, -0.2) is 0 Å². The van der Waals surface area contributed by atoms with E-state index in [0.29, 0.717) is 0 Å². The Morgan fingerprint density at radius 3 is 2.33 bits per heavy atom. The Kier molecular flexibility index (Phi) is 4.89. The van der Waals surface area contributed by atoms with Gasteiger partial charge in [0.05, 0.1) is 6.42 Å². The lowest BCUT2D eigenvalue weighted by atomic mass is 9.89. The number of nitrogens with zero attached hydrogens (tertiary/aromatic N) is 1. The van der Waals surface area contributed by atoms with Crippen LogP contribution in [-0.2, 0) is 9.59 Å². The van der Waals surface area contributed by atoms with E-state index < -0.39 is 5.97 Å². The molecule has 0 saturated heterocycles. The zero-order valence-corrected chi connectivity index (χ0v) is 11.0. The Morgan fingerprint density at radius 2 is 1.83 bits per heavy atom. The molecule has 18 heavy (non-hydrogen) atoms. The molecule has 0 spiro atoms. The van der Waals surface area contributed by atoms with Crippen LogP contribution in [0.25, 0.3) is 0 Å². The van der Waals surface area contributed by atoms with Crippen molar-refractivity contribution in [2.24, 2.45) is 0 Å². The molecule has 0 fully saturated rings. The number of benzene rings is 1. The van der Waals surface area contributed by atoms with Crippen LogP contribution in [0.5, 0.6) is 0 Å². The van der Waals surface area contributed by atoms with E-state index in [9.17, 15) is 9.59 Å². The average Bonchev–Trinajstić information content (AvgIpc) is 2.28. The normalized spacial score (nSPS) is 11.9. The van der Waals surface area contributed by atoms with Crippen LogP contribution >= 0.6 is 0 Å². The molecular weight excluding hydrogens is 230 g/mol. The second-order valence-electron chi connectivity index (χ2n) is 4.64. The smallest absolute Gasteiger partial charge is 0.303 e. The van der Waals surface area contributed by atoms with Crippen LogP contribution in [-0.4, -0.2) is 36.0 Å². The summed E-state index contributed by atoms with van der Waals surface area (Å²) < 4.78 is 0. The summed E-state index contributed by atoms with van der Waals surface area (Å²) in [5.41, 5.74) is 1.96. The number of hydrogen-bond donors (Lipinski definition) is 1. The van der Waals surface area contributed by atoms with Gasteiger partial charge in [-0.3, -0.25) is 9.59 Å². The van der Waals surface area contributed by atoms with E-state index in [4.69, 9.17) is 5.11 Å². The third-order valence-corrected chi connectivity index (χ3v) is 2.97. The van der Waals surface area contributed by atoms with E-state index in [1.165, 1.54) is 4.90 Å². The molecule has 1 aromatic rings. The lowest BCUT2D eigenvalue weighted by molar-refractivity contribution is -0.137. The first kappa shape index (κ1) is 14.2. The van der Waals surface area contributed by atoms with Crippen molar-refractivity contribution in [3.63, 3.8) is 0 Å². The molecule has 1 rings (SSSR count). The van der Waals surface area contributed by atoms with Crippen LogP contribution in [0.1, 0.15) is 29.9 Å². The molecule has 4 heteroatoms. The van der Waals surface area contributed by atoms with Gasteiger partial charge in [0, 0.05) is 26.4 Å². The monoisotopic (exact) mass is 249 g/mol. The van der Waals surface area contributed by atoms with Crippen LogP contribution in [0, 0.1) is 6.92 Å². The fourth-order valence-electron chi connectivity index (χ4n) is 1.94. The predicted molar refractivity (Wildman–Crippen MR) is 69.5 cm³/mol. The highest BCUT2D eigenvalue weighted by Crippen LogP contribution is 2.26. The second-order valence-corrected chi connectivity index (χ2v) is 4.64. The van der Waals surface area contributed by atoms with Gasteiger partial charge in [0.15, 0.2) is 0 Å². The fourth-order valence-corrected chi connectivity index (χ4v) is 1.94. The van der Waals surface area contributed by atoms with Gasteiger partial charge in [-0.05, 0) is 18.1 Å². The summed E-state index contributed by atoms with van der Waals surface area (Å²) in [6, 6.07) is 7.61. The van der Waals surface area contributed by atoms with Crippen LogP contribution in [0.15, 0.2) is 24.3 Å². The summed E-state index contributed by atoms with van der Waals surface area (Å²) in [5, 5.41) is 8.96. The number of carboxylic acids is 1. The standard InChI is InChI=1S/C14H19NO3/c1-10-6-4-5-7-12(10)11(9-14(17)18)8-13(16)15(2)3/h4-7,11H,8-9H2,1-3H3,(H,17,18). The maximum absolute atomic E-state index is 11.8. The molecule has 0 aliphatic rings. The molecule has 0 saturated carbocycles. The summed E-state index contributed by atoms with van der Waals surface area (Å²) in [6.07, 6.45) is 0.203. The summed E-state index contributed by atoms with van der Waals surface area (Å²) in [7, 11) is 3.36. The molecule has 4 nitrogen and oxygen atoms in total. The molecular formula is C14H19NO3. The zero-order valence-electron chi connectivity index (χ0n) is 11.0. The van der Waals surface area contributed by atoms with Crippen LogP contribution in [0.2, 0.25) is 0 Å². The van der Waals surface area contributed by atoms with Crippen LogP contribution in [0.3, 0.4) is 0 Å². The quantitative estimate of drug-likeness (QED) is 0.868. The first-order valence-corrected chi connectivity index (χ1v) is 5.89. The molecule has 1 N–H and O–H groups in total. The lowest BCUT2D eigenvalue weighted by Gasteiger charge is -2.19. The summed E-state index contributed by atoms with van der Waals surface area (Å²) >= 11 is 0. The number of carboxylic acid groups (broad SMARTS) is 1. The summed E-state index contributed by atoms with van der Waals surface area (Å²) in [4.78, 5) is 24.2. The lowest BCUT2D eigenvalue weighted by Crippen LogP contribution is -2.24. The van der Waals surface area contributed by atoms with E-state index in [-0.39, 0.29) is 24.7 Å². The molecule has 0 aromatic heterocycles. The van der Waals surface area contributed by atoms with Gasteiger partial charge in [-0.1, -0.05) is 24.3 Å². The van der Waals surface area contributed by atoms with Gasteiger partial charge in [0.2, 0.25) is 5.91 Å². The SMILES string of the molecule is Cc1ccccc1C(CC(=O)O)CC(=O)N(C)C. The van der Waals surface area contributed by atoms with Gasteiger partial charge >= 0.3 is 5.97 Å². The van der Waals surface area contributed by atoms with E-state index >= 15 is 0 Å². The topological polar surface area (TPSA) is 57.6 Å². The molecule has 1 aromatic carbocycles. The summed E-state index contributed by atoms with van der Waals surface area (Å²) in [5.74, 6) is -1.20.